The Kier molecular flexibility index (Phi) is 7.27. The lowest BCUT2D eigenvalue weighted by molar-refractivity contribution is -0.146. The van der Waals surface area contributed by atoms with E-state index in [0.29, 0.717) is 0 Å². The fourth-order valence-electron chi connectivity index (χ4n) is 3.58. The Morgan fingerprint density at radius 3 is 2.62 bits per heavy atom. The number of hydrogen-bond donors (Lipinski definition) is 1. The first-order valence-electron chi connectivity index (χ1n) is 9.56. The molecule has 2 fully saturated rings. The molecule has 0 radical (unpaired) electrons. The quantitative estimate of drug-likeness (QED) is 0.347. The highest BCUT2D eigenvalue weighted by Crippen LogP contribution is 2.51. The molecule has 3 nitrogen and oxygen atoms in total. The lowest BCUT2D eigenvalue weighted by atomic mass is 9.95. The van der Waals surface area contributed by atoms with E-state index in [-0.39, 0.29) is 28.1 Å². The molecule has 0 spiro atoms. The Balaban J connectivity index is 1.70. The van der Waals surface area contributed by atoms with Crippen LogP contribution in [0.2, 0.25) is 0 Å². The zero-order valence-corrected chi connectivity index (χ0v) is 16.6. The number of β-lactam (4-membered cyclic amide) rings is 1. The molecule has 1 amide bonds. The van der Waals surface area contributed by atoms with Crippen LogP contribution in [0.25, 0.3) is 0 Å². The van der Waals surface area contributed by atoms with Crippen molar-refractivity contribution in [2.24, 2.45) is 0 Å². The number of fused-ring (bicyclic) bond motifs is 1. The summed E-state index contributed by atoms with van der Waals surface area (Å²) in [6.45, 7) is 8.75. The van der Waals surface area contributed by atoms with Crippen LogP contribution in [0.15, 0.2) is 24.4 Å². The van der Waals surface area contributed by atoms with E-state index in [2.05, 4.69) is 44.3 Å². The summed E-state index contributed by atoms with van der Waals surface area (Å²) in [5.74, 6) is 0.241. The smallest absolute Gasteiger partial charge is 0.249 e. The van der Waals surface area contributed by atoms with Gasteiger partial charge in [0.1, 0.15) is 11.4 Å². The summed E-state index contributed by atoms with van der Waals surface area (Å²) in [6.07, 6.45) is 17.5. The van der Waals surface area contributed by atoms with Gasteiger partial charge in [0.2, 0.25) is 5.91 Å². The molecule has 2 heterocycles. The zero-order chi connectivity index (χ0) is 17.6. The molecule has 4 heteroatoms. The zero-order valence-electron chi connectivity index (χ0n) is 15.8. The van der Waals surface area contributed by atoms with E-state index in [4.69, 9.17) is 0 Å². The van der Waals surface area contributed by atoms with Crippen molar-refractivity contribution < 1.29 is 4.79 Å². The summed E-state index contributed by atoms with van der Waals surface area (Å²) in [5, 5.41) is 3.61. The Hall–Kier alpha value is -0.900. The van der Waals surface area contributed by atoms with Gasteiger partial charge in [-0.1, -0.05) is 57.3 Å². The van der Waals surface area contributed by atoms with Gasteiger partial charge in [0.15, 0.2) is 0 Å². The van der Waals surface area contributed by atoms with Gasteiger partial charge in [-0.2, -0.15) is 0 Å². The number of unbranched alkanes of at least 4 members (excludes halogenated alkanes) is 6. The molecule has 0 saturated carbocycles. The maximum Gasteiger partial charge on any atom is 0.249 e. The molecule has 0 aliphatic carbocycles. The van der Waals surface area contributed by atoms with Crippen molar-refractivity contribution in [1.29, 1.82) is 0 Å². The summed E-state index contributed by atoms with van der Waals surface area (Å²) >= 11 is 1.91. The average Bonchev–Trinajstić information content (AvgIpc) is 2.78. The number of rotatable bonds is 10. The minimum atomic E-state index is -0.0506. The number of amides is 1. The second kappa shape index (κ2) is 8.98. The van der Waals surface area contributed by atoms with Crippen molar-refractivity contribution >= 4 is 17.7 Å². The van der Waals surface area contributed by atoms with E-state index in [1.807, 2.05) is 29.8 Å². The van der Waals surface area contributed by atoms with Crippen molar-refractivity contribution in [1.82, 2.24) is 10.2 Å². The van der Waals surface area contributed by atoms with Crippen LogP contribution in [0.3, 0.4) is 0 Å². The van der Waals surface area contributed by atoms with Crippen LogP contribution < -0.4 is 5.32 Å². The summed E-state index contributed by atoms with van der Waals surface area (Å²) in [7, 11) is 0. The van der Waals surface area contributed by atoms with E-state index in [1.54, 1.807) is 0 Å². The van der Waals surface area contributed by atoms with Crippen molar-refractivity contribution in [3.05, 3.63) is 24.4 Å². The summed E-state index contributed by atoms with van der Waals surface area (Å²) < 4.78 is 0.0888. The monoisotopic (exact) mass is 350 g/mol. The first-order valence-corrected chi connectivity index (χ1v) is 10.4. The highest BCUT2D eigenvalue weighted by Gasteiger charge is 2.60. The van der Waals surface area contributed by atoms with Crippen LogP contribution in [0.4, 0.5) is 0 Å². The third-order valence-electron chi connectivity index (χ3n) is 5.01. The molecule has 136 valence electrons. The Bertz CT molecular complexity index is 472. The van der Waals surface area contributed by atoms with Gasteiger partial charge in [-0.05, 0) is 39.8 Å². The molecular weight excluding hydrogens is 316 g/mol. The first-order chi connectivity index (χ1) is 11.5. The third kappa shape index (κ3) is 4.38. The molecule has 0 aromatic rings. The molecule has 0 aromatic heterocycles. The van der Waals surface area contributed by atoms with Crippen molar-refractivity contribution in [2.45, 2.75) is 94.8 Å². The normalized spacial score (nSPS) is 28.6. The van der Waals surface area contributed by atoms with Gasteiger partial charge in [-0.25, -0.2) is 0 Å². The van der Waals surface area contributed by atoms with Crippen LogP contribution in [-0.2, 0) is 4.79 Å². The predicted molar refractivity (Wildman–Crippen MR) is 105 cm³/mol. The topological polar surface area (TPSA) is 32.3 Å². The molecule has 1 N–H and O–H groups in total. The predicted octanol–water partition coefficient (Wildman–Crippen LogP) is 4.85. The molecule has 2 rings (SSSR count). The summed E-state index contributed by atoms with van der Waals surface area (Å²) in [4.78, 5) is 14.5. The molecule has 0 bridgehead atoms. The second-order valence-electron chi connectivity index (χ2n) is 7.43. The number of nitrogens with one attached hydrogen (secondary N) is 1. The van der Waals surface area contributed by atoms with Gasteiger partial charge in [-0.15, -0.1) is 11.8 Å². The van der Waals surface area contributed by atoms with Crippen molar-refractivity contribution in [3.63, 3.8) is 0 Å². The highest BCUT2D eigenvalue weighted by molar-refractivity contribution is 8.01. The van der Waals surface area contributed by atoms with Crippen LogP contribution >= 0.6 is 11.8 Å². The lowest BCUT2D eigenvalue weighted by Crippen LogP contribution is -2.67. The Morgan fingerprint density at radius 2 is 1.92 bits per heavy atom. The average molecular weight is 351 g/mol. The highest BCUT2D eigenvalue weighted by atomic mass is 32.2. The number of allylic oxidation sites excluding steroid dienone is 2. The van der Waals surface area contributed by atoms with Crippen LogP contribution in [0, 0.1) is 0 Å². The molecule has 3 atom stereocenters. The maximum atomic E-state index is 12.5. The van der Waals surface area contributed by atoms with Gasteiger partial charge in [0.25, 0.3) is 0 Å². The van der Waals surface area contributed by atoms with Gasteiger partial charge < -0.3 is 10.2 Å². The number of nitrogens with zero attached hydrogens (tertiary/aromatic N) is 1. The summed E-state index contributed by atoms with van der Waals surface area (Å²) in [5.41, 5.74) is 0. The minimum absolute atomic E-state index is 0.0506. The Labute approximate surface area is 152 Å². The summed E-state index contributed by atoms with van der Waals surface area (Å²) in [6, 6.07) is 0.167. The van der Waals surface area contributed by atoms with Crippen LogP contribution in [0.1, 0.15) is 72.6 Å². The van der Waals surface area contributed by atoms with E-state index in [9.17, 15) is 4.79 Å². The molecule has 2 aliphatic rings. The molecule has 0 unspecified atom stereocenters. The molecule has 2 saturated heterocycles. The van der Waals surface area contributed by atoms with Crippen molar-refractivity contribution in [2.75, 3.05) is 0 Å². The second-order valence-corrected chi connectivity index (χ2v) is 9.20. The number of thioether (sulfide) groups is 1. The standard InChI is InChI=1S/C20H34N2OS/c1-5-7-8-9-10-11-12-13-15-21-17-18(23)22-16(14-6-2)20(3,4)24-19(17)22/h6,13-17,19,21H,5,7-12H2,1-4H3/b14-6?,15-13+/t16-,17+,19+/m0/s1. The van der Waals surface area contributed by atoms with E-state index in [0.717, 1.165) is 6.42 Å². The van der Waals surface area contributed by atoms with Gasteiger partial charge >= 0.3 is 0 Å². The number of carbonyl (C=O) groups is 1. The molecule has 2 aliphatic heterocycles. The van der Waals surface area contributed by atoms with Gasteiger partial charge in [0.05, 0.1) is 6.04 Å². The van der Waals surface area contributed by atoms with Crippen LogP contribution in [0.5, 0.6) is 0 Å². The maximum absolute atomic E-state index is 12.5. The number of hydrogen-bond acceptors (Lipinski definition) is 3. The minimum Gasteiger partial charge on any atom is -0.378 e. The largest absolute Gasteiger partial charge is 0.378 e. The van der Waals surface area contributed by atoms with E-state index >= 15 is 0 Å². The fourth-order valence-corrected chi connectivity index (χ4v) is 5.21. The lowest BCUT2D eigenvalue weighted by Gasteiger charge is -2.44. The third-order valence-corrected chi connectivity index (χ3v) is 6.60. The SMILES string of the molecule is CC=C[C@@H]1N2C(=O)[C@@H](N/C=C/CCCCCCCC)[C@H]2SC1(C)C. The molecule has 24 heavy (non-hydrogen) atoms. The first kappa shape index (κ1) is 19.4. The van der Waals surface area contributed by atoms with E-state index in [1.165, 1.54) is 38.5 Å². The van der Waals surface area contributed by atoms with Crippen molar-refractivity contribution in [3.8, 4) is 0 Å². The van der Waals surface area contributed by atoms with Gasteiger partial charge in [-0.3, -0.25) is 4.79 Å². The molecular formula is C20H34N2OS. The van der Waals surface area contributed by atoms with E-state index < -0.39 is 0 Å². The van der Waals surface area contributed by atoms with Crippen LogP contribution in [-0.4, -0.2) is 33.0 Å². The van der Waals surface area contributed by atoms with Gasteiger partial charge in [0, 0.05) is 4.75 Å². The molecule has 0 aromatic carbocycles. The fraction of sp³-hybridized carbons (Fsp3) is 0.750. The number of carbonyl (C=O) groups excluding carboxylic acids is 1. The Morgan fingerprint density at radius 1 is 1.21 bits per heavy atom.